The lowest BCUT2D eigenvalue weighted by Gasteiger charge is -2.19. The van der Waals surface area contributed by atoms with Crippen LogP contribution >= 0.6 is 0 Å². The molecular weight excluding hydrogens is 218 g/mol. The van der Waals surface area contributed by atoms with Gasteiger partial charge in [0.05, 0.1) is 0 Å². The molecule has 0 bridgehead atoms. The Hall–Kier alpha value is -1.06. The minimum atomic E-state index is -0.933. The first-order valence-electron chi connectivity index (χ1n) is 6.61. The third-order valence-electron chi connectivity index (χ3n) is 2.76. The SMILES string of the molecule is CCCCCCCCN(CC(=O)O)C(=O)CC. The maximum Gasteiger partial charge on any atom is 0.323 e. The molecule has 0 unspecified atom stereocenters. The molecule has 100 valence electrons. The van der Waals surface area contributed by atoms with Crippen LogP contribution in [0.5, 0.6) is 0 Å². The summed E-state index contributed by atoms with van der Waals surface area (Å²) in [6.07, 6.45) is 7.25. The number of carbonyl (C=O) groups excluding carboxylic acids is 1. The standard InChI is InChI=1S/C13H25NO3/c1-3-5-6-7-8-9-10-14(11-13(16)17)12(15)4-2/h3-11H2,1-2H3,(H,16,17). The molecule has 0 aromatic heterocycles. The van der Waals surface area contributed by atoms with Crippen molar-refractivity contribution in [2.24, 2.45) is 0 Å². The zero-order chi connectivity index (χ0) is 13.1. The molecular formula is C13H25NO3. The molecule has 0 rings (SSSR count). The van der Waals surface area contributed by atoms with Gasteiger partial charge in [-0.3, -0.25) is 9.59 Å². The number of unbranched alkanes of at least 4 members (excludes halogenated alkanes) is 5. The summed E-state index contributed by atoms with van der Waals surface area (Å²) in [6, 6.07) is 0. The highest BCUT2D eigenvalue weighted by molar-refractivity contribution is 5.81. The molecule has 0 fully saturated rings. The third kappa shape index (κ3) is 8.72. The Balaban J connectivity index is 3.76. The summed E-state index contributed by atoms with van der Waals surface area (Å²) in [5.41, 5.74) is 0. The summed E-state index contributed by atoms with van der Waals surface area (Å²) < 4.78 is 0. The van der Waals surface area contributed by atoms with Crippen molar-refractivity contribution in [2.75, 3.05) is 13.1 Å². The van der Waals surface area contributed by atoms with Gasteiger partial charge in [-0.1, -0.05) is 46.0 Å². The van der Waals surface area contributed by atoms with E-state index >= 15 is 0 Å². The second kappa shape index (κ2) is 10.1. The summed E-state index contributed by atoms with van der Waals surface area (Å²) in [5, 5.41) is 8.71. The van der Waals surface area contributed by atoms with E-state index in [1.165, 1.54) is 30.6 Å². The van der Waals surface area contributed by atoms with Crippen LogP contribution in [0.15, 0.2) is 0 Å². The zero-order valence-corrected chi connectivity index (χ0v) is 11.1. The summed E-state index contributed by atoms with van der Waals surface area (Å²) in [4.78, 5) is 23.5. The van der Waals surface area contributed by atoms with Crippen molar-refractivity contribution in [2.45, 2.75) is 58.8 Å². The molecule has 0 aliphatic carbocycles. The average Bonchev–Trinajstić information content (AvgIpc) is 2.30. The number of carboxylic acid groups (broad SMARTS) is 1. The Morgan fingerprint density at radius 1 is 1.00 bits per heavy atom. The quantitative estimate of drug-likeness (QED) is 0.600. The molecule has 0 heterocycles. The number of carboxylic acids is 1. The van der Waals surface area contributed by atoms with Gasteiger partial charge in [0.1, 0.15) is 6.54 Å². The first-order valence-corrected chi connectivity index (χ1v) is 6.61. The van der Waals surface area contributed by atoms with Crippen molar-refractivity contribution in [1.82, 2.24) is 4.90 Å². The molecule has 1 amide bonds. The summed E-state index contributed by atoms with van der Waals surface area (Å²) in [5.74, 6) is -1.00. The molecule has 0 atom stereocenters. The Bertz CT molecular complexity index is 229. The van der Waals surface area contributed by atoms with E-state index in [1.807, 2.05) is 0 Å². The van der Waals surface area contributed by atoms with Crippen LogP contribution in [0, 0.1) is 0 Å². The van der Waals surface area contributed by atoms with Gasteiger partial charge in [-0.2, -0.15) is 0 Å². The van der Waals surface area contributed by atoms with Crippen LogP contribution < -0.4 is 0 Å². The van der Waals surface area contributed by atoms with Crippen molar-refractivity contribution in [3.05, 3.63) is 0 Å². The van der Waals surface area contributed by atoms with Gasteiger partial charge in [0.15, 0.2) is 0 Å². The fourth-order valence-electron chi connectivity index (χ4n) is 1.76. The Morgan fingerprint density at radius 2 is 1.59 bits per heavy atom. The minimum Gasteiger partial charge on any atom is -0.480 e. The lowest BCUT2D eigenvalue weighted by Crippen LogP contribution is -2.35. The Kier molecular flexibility index (Phi) is 9.49. The number of rotatable bonds is 10. The first-order chi connectivity index (χ1) is 8.11. The van der Waals surface area contributed by atoms with Gasteiger partial charge in [-0.25, -0.2) is 0 Å². The third-order valence-corrected chi connectivity index (χ3v) is 2.76. The predicted molar refractivity (Wildman–Crippen MR) is 67.9 cm³/mol. The predicted octanol–water partition coefficient (Wildman–Crippen LogP) is 2.67. The van der Waals surface area contributed by atoms with Crippen LogP contribution in [0.1, 0.15) is 58.8 Å². The largest absolute Gasteiger partial charge is 0.480 e. The fourth-order valence-corrected chi connectivity index (χ4v) is 1.76. The minimum absolute atomic E-state index is 0.0686. The van der Waals surface area contributed by atoms with Crippen LogP contribution in [-0.4, -0.2) is 35.0 Å². The first kappa shape index (κ1) is 15.9. The number of hydrogen-bond donors (Lipinski definition) is 1. The lowest BCUT2D eigenvalue weighted by atomic mass is 10.1. The van der Waals surface area contributed by atoms with Gasteiger partial charge in [-0.15, -0.1) is 0 Å². The molecule has 0 saturated carbocycles. The van der Waals surface area contributed by atoms with Gasteiger partial charge < -0.3 is 10.0 Å². The number of nitrogens with zero attached hydrogens (tertiary/aromatic N) is 1. The van der Waals surface area contributed by atoms with E-state index in [1.54, 1.807) is 6.92 Å². The van der Waals surface area contributed by atoms with E-state index in [0.717, 1.165) is 12.8 Å². The summed E-state index contributed by atoms with van der Waals surface area (Å²) in [6.45, 7) is 4.35. The van der Waals surface area contributed by atoms with Crippen LogP contribution in [0.4, 0.5) is 0 Å². The second-order valence-corrected chi connectivity index (χ2v) is 4.33. The maximum atomic E-state index is 11.5. The highest BCUT2D eigenvalue weighted by Gasteiger charge is 2.13. The molecule has 0 radical (unpaired) electrons. The van der Waals surface area contributed by atoms with Crippen molar-refractivity contribution < 1.29 is 14.7 Å². The molecule has 17 heavy (non-hydrogen) atoms. The monoisotopic (exact) mass is 243 g/mol. The topological polar surface area (TPSA) is 57.6 Å². The van der Waals surface area contributed by atoms with Crippen molar-refractivity contribution in [1.29, 1.82) is 0 Å². The van der Waals surface area contributed by atoms with Gasteiger partial charge in [0, 0.05) is 13.0 Å². The molecule has 0 saturated heterocycles. The van der Waals surface area contributed by atoms with Gasteiger partial charge in [0.25, 0.3) is 0 Å². The summed E-state index contributed by atoms with van der Waals surface area (Å²) in [7, 11) is 0. The van der Waals surface area contributed by atoms with Crippen LogP contribution in [0.3, 0.4) is 0 Å². The van der Waals surface area contributed by atoms with Gasteiger partial charge in [-0.05, 0) is 6.42 Å². The normalized spacial score (nSPS) is 10.2. The van der Waals surface area contributed by atoms with E-state index in [-0.39, 0.29) is 12.5 Å². The number of aliphatic carboxylic acids is 1. The highest BCUT2D eigenvalue weighted by Crippen LogP contribution is 2.06. The molecule has 0 aliphatic heterocycles. The highest BCUT2D eigenvalue weighted by atomic mass is 16.4. The van der Waals surface area contributed by atoms with E-state index in [9.17, 15) is 9.59 Å². The molecule has 0 spiro atoms. The van der Waals surface area contributed by atoms with Crippen LogP contribution in [0.25, 0.3) is 0 Å². The zero-order valence-electron chi connectivity index (χ0n) is 11.1. The molecule has 4 nitrogen and oxygen atoms in total. The molecule has 0 aliphatic rings. The molecule has 0 aromatic carbocycles. The van der Waals surface area contributed by atoms with E-state index in [2.05, 4.69) is 6.92 Å². The molecule has 4 heteroatoms. The van der Waals surface area contributed by atoms with E-state index in [0.29, 0.717) is 13.0 Å². The Morgan fingerprint density at radius 3 is 2.12 bits per heavy atom. The van der Waals surface area contributed by atoms with Crippen LogP contribution in [0.2, 0.25) is 0 Å². The van der Waals surface area contributed by atoms with E-state index in [4.69, 9.17) is 5.11 Å². The molecule has 1 N–H and O–H groups in total. The maximum absolute atomic E-state index is 11.5. The van der Waals surface area contributed by atoms with E-state index < -0.39 is 5.97 Å². The smallest absolute Gasteiger partial charge is 0.323 e. The van der Waals surface area contributed by atoms with Crippen molar-refractivity contribution in [3.63, 3.8) is 0 Å². The number of hydrogen-bond acceptors (Lipinski definition) is 2. The Labute approximate surface area is 104 Å². The average molecular weight is 243 g/mol. The number of carbonyl (C=O) groups is 2. The van der Waals surface area contributed by atoms with Crippen LogP contribution in [-0.2, 0) is 9.59 Å². The summed E-state index contributed by atoms with van der Waals surface area (Å²) >= 11 is 0. The lowest BCUT2D eigenvalue weighted by molar-refractivity contribution is -0.144. The van der Waals surface area contributed by atoms with Crippen molar-refractivity contribution in [3.8, 4) is 0 Å². The van der Waals surface area contributed by atoms with Gasteiger partial charge in [0.2, 0.25) is 5.91 Å². The fraction of sp³-hybridized carbons (Fsp3) is 0.846. The second-order valence-electron chi connectivity index (χ2n) is 4.33. The van der Waals surface area contributed by atoms with Gasteiger partial charge >= 0.3 is 5.97 Å². The number of amides is 1. The van der Waals surface area contributed by atoms with Crippen molar-refractivity contribution >= 4 is 11.9 Å². The molecule has 0 aromatic rings.